The van der Waals surface area contributed by atoms with E-state index in [-0.39, 0.29) is 24.8 Å². The quantitative estimate of drug-likeness (QED) is 0.727. The van der Waals surface area contributed by atoms with Crippen LogP contribution in [0.3, 0.4) is 0 Å². The Morgan fingerprint density at radius 2 is 1.76 bits per heavy atom. The van der Waals surface area contributed by atoms with E-state index in [0.29, 0.717) is 18.1 Å². The Balaban J connectivity index is 1.57. The van der Waals surface area contributed by atoms with E-state index in [4.69, 9.17) is 0 Å². The molecule has 2 amide bonds. The van der Waals surface area contributed by atoms with Crippen molar-refractivity contribution in [2.75, 3.05) is 11.9 Å². The lowest BCUT2D eigenvalue weighted by Crippen LogP contribution is -2.28. The number of hydrogen-bond acceptors (Lipinski definition) is 3. The molecule has 1 heterocycles. The standard InChI is InChI=1S/C19H20N4O2/c1-2-23-16-11-7-6-10-15(16)21-19(23)22-17(24)12-13-20-18(25)14-8-4-3-5-9-14/h3-11H,2,12-13H2,1H3,(H,20,25)(H,21,22,24). The van der Waals surface area contributed by atoms with Crippen molar-refractivity contribution in [1.29, 1.82) is 0 Å². The molecule has 128 valence electrons. The van der Waals surface area contributed by atoms with Crippen LogP contribution in [0.25, 0.3) is 11.0 Å². The van der Waals surface area contributed by atoms with Crippen LogP contribution in [-0.4, -0.2) is 27.9 Å². The molecule has 6 nitrogen and oxygen atoms in total. The number of carbonyl (C=O) groups is 2. The summed E-state index contributed by atoms with van der Waals surface area (Å²) in [4.78, 5) is 28.6. The van der Waals surface area contributed by atoms with E-state index >= 15 is 0 Å². The van der Waals surface area contributed by atoms with Gasteiger partial charge in [0, 0.05) is 25.1 Å². The zero-order valence-electron chi connectivity index (χ0n) is 14.0. The summed E-state index contributed by atoms with van der Waals surface area (Å²) in [5, 5.41) is 5.57. The highest BCUT2D eigenvalue weighted by Crippen LogP contribution is 2.19. The first-order valence-corrected chi connectivity index (χ1v) is 8.27. The minimum Gasteiger partial charge on any atom is -0.352 e. The molecule has 25 heavy (non-hydrogen) atoms. The van der Waals surface area contributed by atoms with Gasteiger partial charge in [-0.3, -0.25) is 14.9 Å². The zero-order chi connectivity index (χ0) is 17.6. The SMILES string of the molecule is CCn1c(NC(=O)CCNC(=O)c2ccccc2)nc2ccccc21. The lowest BCUT2D eigenvalue weighted by Gasteiger charge is -2.08. The van der Waals surface area contributed by atoms with Gasteiger partial charge in [0.1, 0.15) is 0 Å². The number of aryl methyl sites for hydroxylation is 1. The number of hydrogen-bond donors (Lipinski definition) is 2. The van der Waals surface area contributed by atoms with Gasteiger partial charge in [-0.15, -0.1) is 0 Å². The van der Waals surface area contributed by atoms with Crippen molar-refractivity contribution in [2.24, 2.45) is 0 Å². The molecule has 6 heteroatoms. The minimum absolute atomic E-state index is 0.182. The third-order valence-corrected chi connectivity index (χ3v) is 3.90. The summed E-state index contributed by atoms with van der Waals surface area (Å²) in [6.45, 7) is 2.98. The largest absolute Gasteiger partial charge is 0.352 e. The average molecular weight is 336 g/mol. The molecule has 2 aromatic carbocycles. The van der Waals surface area contributed by atoms with Crippen molar-refractivity contribution < 1.29 is 9.59 Å². The second kappa shape index (κ2) is 7.61. The lowest BCUT2D eigenvalue weighted by molar-refractivity contribution is -0.116. The first-order chi connectivity index (χ1) is 12.2. The number of imidazole rings is 1. The summed E-state index contributed by atoms with van der Waals surface area (Å²) < 4.78 is 1.95. The Morgan fingerprint density at radius 1 is 1.04 bits per heavy atom. The summed E-state index contributed by atoms with van der Waals surface area (Å²) in [5.74, 6) is 0.163. The molecule has 0 unspecified atom stereocenters. The molecule has 0 aliphatic carbocycles. The van der Waals surface area contributed by atoms with E-state index in [1.165, 1.54) is 0 Å². The second-order valence-electron chi connectivity index (χ2n) is 5.59. The molecular formula is C19H20N4O2. The fourth-order valence-corrected chi connectivity index (χ4v) is 2.66. The van der Waals surface area contributed by atoms with Crippen LogP contribution < -0.4 is 10.6 Å². The van der Waals surface area contributed by atoms with Crippen molar-refractivity contribution >= 4 is 28.8 Å². The molecule has 0 aliphatic rings. The lowest BCUT2D eigenvalue weighted by atomic mass is 10.2. The van der Waals surface area contributed by atoms with Crippen LogP contribution in [0.5, 0.6) is 0 Å². The fourth-order valence-electron chi connectivity index (χ4n) is 2.66. The van der Waals surface area contributed by atoms with Crippen LogP contribution in [0.2, 0.25) is 0 Å². The third-order valence-electron chi connectivity index (χ3n) is 3.90. The second-order valence-corrected chi connectivity index (χ2v) is 5.59. The highest BCUT2D eigenvalue weighted by Gasteiger charge is 2.12. The number of aromatic nitrogens is 2. The number of benzene rings is 2. The van der Waals surface area contributed by atoms with E-state index in [9.17, 15) is 9.59 Å². The number of amides is 2. The van der Waals surface area contributed by atoms with Crippen LogP contribution >= 0.6 is 0 Å². The molecule has 0 fully saturated rings. The Bertz CT molecular complexity index is 887. The number of nitrogens with one attached hydrogen (secondary N) is 2. The summed E-state index contributed by atoms with van der Waals surface area (Å²) in [5.41, 5.74) is 2.41. The Hall–Kier alpha value is -3.15. The summed E-state index contributed by atoms with van der Waals surface area (Å²) in [7, 11) is 0. The highest BCUT2D eigenvalue weighted by atomic mass is 16.2. The van der Waals surface area contributed by atoms with E-state index < -0.39 is 0 Å². The van der Waals surface area contributed by atoms with Crippen molar-refractivity contribution in [2.45, 2.75) is 19.9 Å². The van der Waals surface area contributed by atoms with Gasteiger partial charge in [-0.25, -0.2) is 4.98 Å². The molecule has 3 rings (SSSR count). The predicted molar refractivity (Wildman–Crippen MR) is 97.4 cm³/mol. The van der Waals surface area contributed by atoms with Crippen molar-refractivity contribution in [3.8, 4) is 0 Å². The number of nitrogens with zero attached hydrogens (tertiary/aromatic N) is 2. The van der Waals surface area contributed by atoms with Crippen molar-refractivity contribution in [1.82, 2.24) is 14.9 Å². The first kappa shape index (κ1) is 16.7. The molecule has 0 aliphatic heterocycles. The van der Waals surface area contributed by atoms with Gasteiger partial charge in [0.05, 0.1) is 11.0 Å². The van der Waals surface area contributed by atoms with Crippen LogP contribution in [-0.2, 0) is 11.3 Å². The normalized spacial score (nSPS) is 10.6. The topological polar surface area (TPSA) is 76.0 Å². The zero-order valence-corrected chi connectivity index (χ0v) is 14.0. The number of carbonyl (C=O) groups excluding carboxylic acids is 2. The molecule has 0 saturated heterocycles. The molecule has 0 saturated carbocycles. The molecule has 0 atom stereocenters. The third kappa shape index (κ3) is 3.85. The van der Waals surface area contributed by atoms with E-state index in [1.807, 2.05) is 41.8 Å². The molecular weight excluding hydrogens is 316 g/mol. The molecule has 0 bridgehead atoms. The summed E-state index contributed by atoms with van der Waals surface area (Å²) in [6.07, 6.45) is 0.186. The molecule has 1 aromatic heterocycles. The fraction of sp³-hybridized carbons (Fsp3) is 0.211. The smallest absolute Gasteiger partial charge is 0.251 e. The Labute approximate surface area is 145 Å². The van der Waals surface area contributed by atoms with Gasteiger partial charge in [-0.1, -0.05) is 30.3 Å². The number of fused-ring (bicyclic) bond motifs is 1. The van der Waals surface area contributed by atoms with E-state index in [0.717, 1.165) is 11.0 Å². The van der Waals surface area contributed by atoms with Gasteiger partial charge in [0.25, 0.3) is 5.91 Å². The van der Waals surface area contributed by atoms with E-state index in [1.54, 1.807) is 24.3 Å². The maximum absolute atomic E-state index is 12.2. The first-order valence-electron chi connectivity index (χ1n) is 8.27. The van der Waals surface area contributed by atoms with Gasteiger partial charge in [0.15, 0.2) is 0 Å². The van der Waals surface area contributed by atoms with Crippen molar-refractivity contribution in [3.63, 3.8) is 0 Å². The van der Waals surface area contributed by atoms with Crippen LogP contribution in [0.1, 0.15) is 23.7 Å². The monoisotopic (exact) mass is 336 g/mol. The summed E-state index contributed by atoms with van der Waals surface area (Å²) >= 11 is 0. The Morgan fingerprint density at radius 3 is 2.52 bits per heavy atom. The van der Waals surface area contributed by atoms with Gasteiger partial charge >= 0.3 is 0 Å². The summed E-state index contributed by atoms with van der Waals surface area (Å²) in [6, 6.07) is 16.7. The van der Waals surface area contributed by atoms with Crippen LogP contribution in [0.15, 0.2) is 54.6 Å². The minimum atomic E-state index is -0.186. The Kier molecular flexibility index (Phi) is 5.09. The van der Waals surface area contributed by atoms with Gasteiger partial charge in [-0.2, -0.15) is 0 Å². The number of rotatable bonds is 6. The van der Waals surface area contributed by atoms with Gasteiger partial charge in [-0.05, 0) is 31.2 Å². The number of para-hydroxylation sites is 2. The van der Waals surface area contributed by atoms with Crippen LogP contribution in [0.4, 0.5) is 5.95 Å². The molecule has 2 N–H and O–H groups in total. The van der Waals surface area contributed by atoms with Gasteiger partial charge in [0.2, 0.25) is 11.9 Å². The molecule has 0 radical (unpaired) electrons. The molecule has 0 spiro atoms. The van der Waals surface area contributed by atoms with Crippen molar-refractivity contribution in [3.05, 3.63) is 60.2 Å². The van der Waals surface area contributed by atoms with E-state index in [2.05, 4.69) is 15.6 Å². The van der Waals surface area contributed by atoms with Crippen LogP contribution in [0, 0.1) is 0 Å². The predicted octanol–water partition coefficient (Wildman–Crippen LogP) is 2.81. The average Bonchev–Trinajstić information content (AvgIpc) is 2.99. The van der Waals surface area contributed by atoms with Gasteiger partial charge < -0.3 is 9.88 Å². The maximum Gasteiger partial charge on any atom is 0.251 e. The molecule has 3 aromatic rings. The maximum atomic E-state index is 12.2. The highest BCUT2D eigenvalue weighted by molar-refractivity contribution is 5.95. The number of anilines is 1.